The van der Waals surface area contributed by atoms with Crippen molar-refractivity contribution < 1.29 is 0 Å². The second kappa shape index (κ2) is 2.64. The molecule has 0 spiro atoms. The van der Waals surface area contributed by atoms with E-state index in [0.717, 1.165) is 4.88 Å². The molecule has 0 aromatic carbocycles. The van der Waals surface area contributed by atoms with Gasteiger partial charge < -0.3 is 5.73 Å². The third-order valence-electron chi connectivity index (χ3n) is 0.966. The molecule has 0 fully saturated rings. The molecule has 0 amide bonds. The van der Waals surface area contributed by atoms with Crippen LogP contribution in [0.5, 0.6) is 0 Å². The van der Waals surface area contributed by atoms with Crippen molar-refractivity contribution in [2.45, 2.75) is 13.0 Å². The monoisotopic (exact) mass is 162 g/mol. The van der Waals surface area contributed by atoms with Gasteiger partial charge in [0.05, 0.1) is 16.1 Å². The van der Waals surface area contributed by atoms with Crippen LogP contribution < -0.4 is 5.73 Å². The molecule has 9 heavy (non-hydrogen) atoms. The van der Waals surface area contributed by atoms with E-state index in [4.69, 9.17) is 17.3 Å². The van der Waals surface area contributed by atoms with E-state index in [1.54, 1.807) is 6.20 Å². The van der Waals surface area contributed by atoms with Gasteiger partial charge in [0.15, 0.2) is 0 Å². The zero-order valence-electron chi connectivity index (χ0n) is 4.97. The Hall–Kier alpha value is -0.120. The van der Waals surface area contributed by atoms with E-state index in [9.17, 15) is 0 Å². The summed E-state index contributed by atoms with van der Waals surface area (Å²) in [5, 5.41) is 0.676. The van der Waals surface area contributed by atoms with E-state index in [2.05, 4.69) is 4.37 Å². The average molecular weight is 163 g/mol. The smallest absolute Gasteiger partial charge is 0.0761 e. The van der Waals surface area contributed by atoms with Gasteiger partial charge >= 0.3 is 0 Å². The summed E-state index contributed by atoms with van der Waals surface area (Å²) in [6, 6.07) is 0.00463. The lowest BCUT2D eigenvalue weighted by Crippen LogP contribution is -2.02. The first-order valence-corrected chi connectivity index (χ1v) is 3.72. The number of rotatable bonds is 1. The minimum absolute atomic E-state index is 0.00463. The van der Waals surface area contributed by atoms with Crippen LogP contribution in [0.1, 0.15) is 17.8 Å². The van der Waals surface area contributed by atoms with E-state index in [1.165, 1.54) is 11.5 Å². The molecule has 0 aliphatic heterocycles. The zero-order valence-corrected chi connectivity index (χ0v) is 6.54. The summed E-state index contributed by atoms with van der Waals surface area (Å²) < 4.78 is 3.87. The van der Waals surface area contributed by atoms with Crippen molar-refractivity contribution in [1.29, 1.82) is 0 Å². The van der Waals surface area contributed by atoms with E-state index in [0.29, 0.717) is 5.02 Å². The van der Waals surface area contributed by atoms with E-state index < -0.39 is 0 Å². The Bertz CT molecular complexity index is 197. The zero-order chi connectivity index (χ0) is 6.85. The number of nitrogens with two attached hydrogens (primary N) is 1. The standard InChI is InChI=1S/C5H7ClN2S/c1-3(7)5-4(6)2-8-9-5/h2-3H,7H2,1H3. The Morgan fingerprint density at radius 3 is 2.78 bits per heavy atom. The van der Waals surface area contributed by atoms with Crippen LogP contribution in [0, 0.1) is 0 Å². The van der Waals surface area contributed by atoms with Crippen molar-refractivity contribution in [3.8, 4) is 0 Å². The van der Waals surface area contributed by atoms with E-state index >= 15 is 0 Å². The summed E-state index contributed by atoms with van der Waals surface area (Å²) in [6.07, 6.45) is 1.62. The molecule has 0 bridgehead atoms. The minimum atomic E-state index is 0.00463. The first kappa shape index (κ1) is 6.99. The third-order valence-corrected chi connectivity index (χ3v) is 2.38. The summed E-state index contributed by atoms with van der Waals surface area (Å²) >= 11 is 7.05. The first-order chi connectivity index (χ1) is 4.22. The van der Waals surface area contributed by atoms with Gasteiger partial charge in [0.25, 0.3) is 0 Å². The largest absolute Gasteiger partial charge is 0.323 e. The highest BCUT2D eigenvalue weighted by Crippen LogP contribution is 2.23. The Balaban J connectivity index is 2.94. The highest BCUT2D eigenvalue weighted by Gasteiger charge is 2.06. The molecule has 1 unspecified atom stereocenters. The molecule has 50 valence electrons. The van der Waals surface area contributed by atoms with Crippen LogP contribution in [-0.4, -0.2) is 4.37 Å². The maximum Gasteiger partial charge on any atom is 0.0761 e. The normalized spacial score (nSPS) is 13.7. The summed E-state index contributed by atoms with van der Waals surface area (Å²) in [5.41, 5.74) is 5.54. The Labute approximate surface area is 62.8 Å². The van der Waals surface area contributed by atoms with Crippen LogP contribution >= 0.6 is 23.1 Å². The van der Waals surface area contributed by atoms with Gasteiger partial charge in [0.2, 0.25) is 0 Å². The highest BCUT2D eigenvalue weighted by atomic mass is 35.5. The minimum Gasteiger partial charge on any atom is -0.323 e. The average Bonchev–Trinajstić information content (AvgIpc) is 2.13. The number of halogens is 1. The van der Waals surface area contributed by atoms with Crippen LogP contribution in [0.4, 0.5) is 0 Å². The molecule has 1 rings (SSSR count). The van der Waals surface area contributed by atoms with Crippen molar-refractivity contribution in [3.63, 3.8) is 0 Å². The van der Waals surface area contributed by atoms with Crippen LogP contribution in [0.15, 0.2) is 6.20 Å². The fourth-order valence-corrected chi connectivity index (χ4v) is 1.50. The van der Waals surface area contributed by atoms with Gasteiger partial charge in [-0.1, -0.05) is 11.6 Å². The first-order valence-electron chi connectivity index (χ1n) is 2.57. The number of nitrogens with zero attached hydrogens (tertiary/aromatic N) is 1. The van der Waals surface area contributed by atoms with Crippen LogP contribution in [-0.2, 0) is 0 Å². The Morgan fingerprint density at radius 2 is 2.56 bits per heavy atom. The summed E-state index contributed by atoms with van der Waals surface area (Å²) in [7, 11) is 0. The predicted octanol–water partition coefficient (Wildman–Crippen LogP) is 1.82. The molecule has 1 atom stereocenters. The van der Waals surface area contributed by atoms with Crippen molar-refractivity contribution in [1.82, 2.24) is 4.37 Å². The van der Waals surface area contributed by atoms with Crippen molar-refractivity contribution in [3.05, 3.63) is 16.1 Å². The van der Waals surface area contributed by atoms with Crippen molar-refractivity contribution >= 4 is 23.1 Å². The number of hydrogen-bond donors (Lipinski definition) is 1. The lowest BCUT2D eigenvalue weighted by molar-refractivity contribution is 0.839. The molecule has 0 aliphatic carbocycles. The second-order valence-corrected chi connectivity index (χ2v) is 3.07. The van der Waals surface area contributed by atoms with E-state index in [-0.39, 0.29) is 6.04 Å². The predicted molar refractivity (Wildman–Crippen MR) is 39.7 cm³/mol. The lowest BCUT2D eigenvalue weighted by atomic mass is 10.3. The van der Waals surface area contributed by atoms with Gasteiger partial charge in [-0.05, 0) is 18.5 Å². The molecule has 2 nitrogen and oxygen atoms in total. The number of hydrogen-bond acceptors (Lipinski definition) is 3. The van der Waals surface area contributed by atoms with Gasteiger partial charge in [0, 0.05) is 6.04 Å². The Kier molecular flexibility index (Phi) is 2.05. The maximum absolute atomic E-state index is 5.70. The molecule has 2 N–H and O–H groups in total. The molecule has 0 saturated carbocycles. The molecule has 0 radical (unpaired) electrons. The highest BCUT2D eigenvalue weighted by molar-refractivity contribution is 7.06. The maximum atomic E-state index is 5.70. The quantitative estimate of drug-likeness (QED) is 0.684. The molecule has 1 aromatic rings. The molecule has 4 heteroatoms. The Morgan fingerprint density at radius 1 is 1.89 bits per heavy atom. The second-order valence-electron chi connectivity index (χ2n) is 1.83. The van der Waals surface area contributed by atoms with Gasteiger partial charge in [-0.15, -0.1) is 0 Å². The van der Waals surface area contributed by atoms with Crippen molar-refractivity contribution in [2.75, 3.05) is 0 Å². The fraction of sp³-hybridized carbons (Fsp3) is 0.400. The molecular weight excluding hydrogens is 156 g/mol. The van der Waals surface area contributed by atoms with Crippen molar-refractivity contribution in [2.24, 2.45) is 5.73 Å². The van der Waals surface area contributed by atoms with Crippen LogP contribution in [0.25, 0.3) is 0 Å². The topological polar surface area (TPSA) is 38.9 Å². The van der Waals surface area contributed by atoms with Crippen LogP contribution in [0.3, 0.4) is 0 Å². The summed E-state index contributed by atoms with van der Waals surface area (Å²) in [5.74, 6) is 0. The van der Waals surface area contributed by atoms with Crippen LogP contribution in [0.2, 0.25) is 5.02 Å². The van der Waals surface area contributed by atoms with E-state index in [1.807, 2.05) is 6.92 Å². The molecule has 1 aromatic heterocycles. The van der Waals surface area contributed by atoms with Gasteiger partial charge in [0.1, 0.15) is 0 Å². The SMILES string of the molecule is CC(N)c1sncc1Cl. The number of aromatic nitrogens is 1. The third kappa shape index (κ3) is 1.41. The van der Waals surface area contributed by atoms with Gasteiger partial charge in [-0.25, -0.2) is 0 Å². The molecule has 0 saturated heterocycles. The lowest BCUT2D eigenvalue weighted by Gasteiger charge is -1.97. The summed E-state index contributed by atoms with van der Waals surface area (Å²) in [4.78, 5) is 0.955. The molecular formula is C5H7ClN2S. The van der Waals surface area contributed by atoms with Gasteiger partial charge in [-0.3, -0.25) is 0 Å². The summed E-state index contributed by atoms with van der Waals surface area (Å²) in [6.45, 7) is 1.89. The fourth-order valence-electron chi connectivity index (χ4n) is 0.537. The van der Waals surface area contributed by atoms with Gasteiger partial charge in [-0.2, -0.15) is 4.37 Å². The molecule has 1 heterocycles. The molecule has 0 aliphatic rings.